The number of aromatic nitrogens is 6. The minimum absolute atomic E-state index is 0.127. The summed E-state index contributed by atoms with van der Waals surface area (Å²) in [5.74, 6) is 0. The van der Waals surface area contributed by atoms with E-state index < -0.39 is 0 Å². The summed E-state index contributed by atoms with van der Waals surface area (Å²) < 4.78 is 3.34. The molecule has 10 heteroatoms. The van der Waals surface area contributed by atoms with Gasteiger partial charge in [0.05, 0.1) is 25.5 Å². The first-order chi connectivity index (χ1) is 9.81. The van der Waals surface area contributed by atoms with Gasteiger partial charge in [0.15, 0.2) is 0 Å². The molecule has 0 aliphatic rings. The number of aryl methyl sites for hydroxylation is 1. The number of azide groups is 1. The first-order valence-electron chi connectivity index (χ1n) is 6.21. The van der Waals surface area contributed by atoms with E-state index in [1.807, 2.05) is 6.20 Å². The van der Waals surface area contributed by atoms with Gasteiger partial charge in [0.1, 0.15) is 11.4 Å². The quantitative estimate of drug-likeness (QED) is 0.325. The van der Waals surface area contributed by atoms with Crippen molar-refractivity contribution < 1.29 is 5.11 Å². The van der Waals surface area contributed by atoms with Crippen LogP contribution >= 0.6 is 0 Å². The monoisotopic (exact) mass is 277 g/mol. The van der Waals surface area contributed by atoms with Crippen LogP contribution in [0, 0.1) is 0 Å². The summed E-state index contributed by atoms with van der Waals surface area (Å²) in [6.45, 7) is 1.57. The average molecular weight is 277 g/mol. The molecule has 0 aliphatic carbocycles. The fourth-order valence-electron chi connectivity index (χ4n) is 1.68. The first kappa shape index (κ1) is 14.0. The summed E-state index contributed by atoms with van der Waals surface area (Å²) in [5.41, 5.74) is 9.44. The minimum atomic E-state index is -0.127. The van der Waals surface area contributed by atoms with Gasteiger partial charge in [-0.1, -0.05) is 15.5 Å². The maximum atomic E-state index is 8.90. The van der Waals surface area contributed by atoms with Crippen LogP contribution in [0.3, 0.4) is 0 Å². The van der Waals surface area contributed by atoms with Crippen molar-refractivity contribution in [1.82, 2.24) is 30.0 Å². The van der Waals surface area contributed by atoms with Crippen LogP contribution in [-0.2, 0) is 19.7 Å². The summed E-state index contributed by atoms with van der Waals surface area (Å²) >= 11 is 0. The van der Waals surface area contributed by atoms with E-state index in [1.54, 1.807) is 15.6 Å². The van der Waals surface area contributed by atoms with Crippen molar-refractivity contribution in [3.8, 4) is 0 Å². The van der Waals surface area contributed by atoms with Crippen LogP contribution in [0.1, 0.15) is 24.2 Å². The molecule has 1 N–H and O–H groups in total. The topological polar surface area (TPSA) is 130 Å². The van der Waals surface area contributed by atoms with Crippen LogP contribution in [0.25, 0.3) is 10.4 Å². The molecule has 2 rings (SSSR count). The van der Waals surface area contributed by atoms with Crippen LogP contribution in [-0.4, -0.2) is 41.6 Å². The molecule has 106 valence electrons. The number of unbranched alkanes of at least 4 members (excludes halogenated alkanes) is 1. The van der Waals surface area contributed by atoms with E-state index in [-0.39, 0.29) is 6.61 Å². The zero-order valence-corrected chi connectivity index (χ0v) is 10.9. The molecule has 0 fully saturated rings. The predicted octanol–water partition coefficient (Wildman–Crippen LogP) is 0.501. The maximum absolute atomic E-state index is 8.90. The van der Waals surface area contributed by atoms with E-state index in [4.69, 9.17) is 10.6 Å². The molecular weight excluding hydrogens is 262 g/mol. The van der Waals surface area contributed by atoms with Crippen molar-refractivity contribution in [2.24, 2.45) is 5.11 Å². The molecule has 2 heterocycles. The molecule has 20 heavy (non-hydrogen) atoms. The standard InChI is InChI=1S/C10H15N9O/c11-15-12-3-1-2-4-18-5-9(13-16-18)6-19-7-10(8-20)14-17-19/h5,7,20H,1-4,6,8H2. The lowest BCUT2D eigenvalue weighted by Crippen LogP contribution is -2.01. The van der Waals surface area contributed by atoms with Crippen LogP contribution in [0.15, 0.2) is 17.5 Å². The van der Waals surface area contributed by atoms with Crippen molar-refractivity contribution in [2.75, 3.05) is 6.54 Å². The highest BCUT2D eigenvalue weighted by atomic mass is 16.3. The summed E-state index contributed by atoms with van der Waals surface area (Å²) in [4.78, 5) is 2.70. The highest BCUT2D eigenvalue weighted by Gasteiger charge is 2.04. The van der Waals surface area contributed by atoms with Crippen molar-refractivity contribution in [3.05, 3.63) is 34.2 Å². The Labute approximate surface area is 114 Å². The second kappa shape index (κ2) is 7.22. The molecule has 0 spiro atoms. The third-order valence-electron chi connectivity index (χ3n) is 2.62. The van der Waals surface area contributed by atoms with E-state index in [1.165, 1.54) is 0 Å². The highest BCUT2D eigenvalue weighted by molar-refractivity contribution is 4.96. The van der Waals surface area contributed by atoms with E-state index in [0.717, 1.165) is 25.1 Å². The minimum Gasteiger partial charge on any atom is -0.390 e. The number of aliphatic hydroxyl groups is 1. The molecule has 0 unspecified atom stereocenters. The van der Waals surface area contributed by atoms with Crippen molar-refractivity contribution in [1.29, 1.82) is 0 Å². The highest BCUT2D eigenvalue weighted by Crippen LogP contribution is 2.01. The molecule has 2 aromatic heterocycles. The van der Waals surface area contributed by atoms with E-state index >= 15 is 0 Å². The van der Waals surface area contributed by atoms with Gasteiger partial charge in [0, 0.05) is 18.0 Å². The zero-order chi connectivity index (χ0) is 14.2. The predicted molar refractivity (Wildman–Crippen MR) is 68.3 cm³/mol. The second-order valence-electron chi connectivity index (χ2n) is 4.20. The Morgan fingerprint density at radius 1 is 1.15 bits per heavy atom. The molecule has 0 radical (unpaired) electrons. The van der Waals surface area contributed by atoms with Gasteiger partial charge in [0.25, 0.3) is 0 Å². The van der Waals surface area contributed by atoms with Crippen molar-refractivity contribution in [2.45, 2.75) is 32.5 Å². The van der Waals surface area contributed by atoms with E-state index in [2.05, 4.69) is 30.7 Å². The fourth-order valence-corrected chi connectivity index (χ4v) is 1.68. The van der Waals surface area contributed by atoms with Crippen molar-refractivity contribution >= 4 is 0 Å². The van der Waals surface area contributed by atoms with Gasteiger partial charge in [-0.05, 0) is 18.4 Å². The smallest absolute Gasteiger partial charge is 0.108 e. The number of nitrogens with zero attached hydrogens (tertiary/aromatic N) is 9. The largest absolute Gasteiger partial charge is 0.390 e. The van der Waals surface area contributed by atoms with E-state index in [9.17, 15) is 0 Å². The fraction of sp³-hybridized carbons (Fsp3) is 0.600. The van der Waals surface area contributed by atoms with Gasteiger partial charge in [-0.25, -0.2) is 4.68 Å². The van der Waals surface area contributed by atoms with Crippen LogP contribution in [0.2, 0.25) is 0 Å². The third-order valence-corrected chi connectivity index (χ3v) is 2.62. The Kier molecular flexibility index (Phi) is 5.04. The Morgan fingerprint density at radius 2 is 1.90 bits per heavy atom. The first-order valence-corrected chi connectivity index (χ1v) is 6.21. The molecule has 0 aliphatic heterocycles. The Balaban J connectivity index is 1.81. The molecule has 0 aromatic carbocycles. The molecule has 0 atom stereocenters. The Morgan fingerprint density at radius 3 is 2.65 bits per heavy atom. The van der Waals surface area contributed by atoms with Crippen LogP contribution < -0.4 is 0 Å². The van der Waals surface area contributed by atoms with Gasteiger partial charge < -0.3 is 5.11 Å². The van der Waals surface area contributed by atoms with Gasteiger partial charge >= 0.3 is 0 Å². The zero-order valence-electron chi connectivity index (χ0n) is 10.9. The SMILES string of the molecule is [N-]=[N+]=NCCCCn1cc(Cn2cc(CO)nn2)nn1. The number of aliphatic hydroxyl groups excluding tert-OH is 1. The summed E-state index contributed by atoms with van der Waals surface area (Å²) in [5, 5.41) is 28.1. The van der Waals surface area contributed by atoms with Crippen LogP contribution in [0.4, 0.5) is 0 Å². The summed E-state index contributed by atoms with van der Waals surface area (Å²) in [7, 11) is 0. The molecule has 2 aromatic rings. The normalized spacial score (nSPS) is 10.4. The van der Waals surface area contributed by atoms with Crippen LogP contribution in [0.5, 0.6) is 0 Å². The number of hydrogen-bond acceptors (Lipinski definition) is 6. The molecule has 0 saturated carbocycles. The van der Waals surface area contributed by atoms with Gasteiger partial charge in [-0.3, -0.25) is 4.68 Å². The number of rotatable bonds is 8. The lowest BCUT2D eigenvalue weighted by Gasteiger charge is -1.97. The third kappa shape index (κ3) is 4.04. The lowest BCUT2D eigenvalue weighted by molar-refractivity contribution is 0.276. The lowest BCUT2D eigenvalue weighted by atomic mass is 10.3. The Hall–Kier alpha value is -2.45. The molecule has 0 saturated heterocycles. The molecule has 0 bridgehead atoms. The summed E-state index contributed by atoms with van der Waals surface area (Å²) in [6, 6.07) is 0. The van der Waals surface area contributed by atoms with Gasteiger partial charge in [-0.15, -0.1) is 10.2 Å². The molecular formula is C10H15N9O. The maximum Gasteiger partial charge on any atom is 0.108 e. The molecule has 10 nitrogen and oxygen atoms in total. The average Bonchev–Trinajstić information content (AvgIpc) is 3.08. The Bertz CT molecular complexity index is 583. The second-order valence-corrected chi connectivity index (χ2v) is 4.20. The van der Waals surface area contributed by atoms with Crippen molar-refractivity contribution in [3.63, 3.8) is 0 Å². The van der Waals surface area contributed by atoms with E-state index in [0.29, 0.717) is 18.8 Å². The summed E-state index contributed by atoms with van der Waals surface area (Å²) in [6.07, 6.45) is 5.20. The van der Waals surface area contributed by atoms with Gasteiger partial charge in [-0.2, -0.15) is 0 Å². The molecule has 0 amide bonds. The van der Waals surface area contributed by atoms with Gasteiger partial charge in [0.2, 0.25) is 0 Å². The number of hydrogen-bond donors (Lipinski definition) is 1.